The molecule has 34 heavy (non-hydrogen) atoms. The molecule has 0 aliphatic carbocycles. The van der Waals surface area contributed by atoms with E-state index < -0.39 is 16.1 Å². The number of nitrogens with one attached hydrogen (secondary N) is 1. The summed E-state index contributed by atoms with van der Waals surface area (Å²) in [5.74, 6) is -0.204. The zero-order valence-corrected chi connectivity index (χ0v) is 21.9. The Balaban J connectivity index is 2.19. The molecule has 2 rings (SSSR count). The molecule has 0 aliphatic rings. The van der Waals surface area contributed by atoms with Gasteiger partial charge in [0.05, 0.1) is 29.1 Å². The van der Waals surface area contributed by atoms with E-state index in [1.165, 1.54) is 23.4 Å². The number of carbonyl (C=O) groups is 2. The van der Waals surface area contributed by atoms with Gasteiger partial charge in [0.1, 0.15) is 11.8 Å². The molecule has 0 bridgehead atoms. The highest BCUT2D eigenvalue weighted by molar-refractivity contribution is 7.92. The fourth-order valence-corrected chi connectivity index (χ4v) is 4.73. The van der Waals surface area contributed by atoms with Crippen LogP contribution >= 0.6 is 23.2 Å². The van der Waals surface area contributed by atoms with Crippen LogP contribution in [0.15, 0.2) is 42.5 Å². The van der Waals surface area contributed by atoms with Crippen LogP contribution in [0.5, 0.6) is 5.75 Å². The maximum atomic E-state index is 13.1. The number of nitrogens with zero attached hydrogens (tertiary/aromatic N) is 2. The number of carbonyl (C=O) groups excluding carboxylic acids is 2. The maximum Gasteiger partial charge on any atom is 0.242 e. The van der Waals surface area contributed by atoms with Gasteiger partial charge in [-0.25, -0.2) is 8.42 Å². The van der Waals surface area contributed by atoms with Crippen molar-refractivity contribution in [2.24, 2.45) is 0 Å². The summed E-state index contributed by atoms with van der Waals surface area (Å²) in [4.78, 5) is 26.9. The number of benzene rings is 2. The Hall–Kier alpha value is -2.49. The Morgan fingerprint density at radius 3 is 2.38 bits per heavy atom. The lowest BCUT2D eigenvalue weighted by atomic mass is 10.1. The van der Waals surface area contributed by atoms with E-state index in [-0.39, 0.29) is 37.7 Å². The smallest absolute Gasteiger partial charge is 0.242 e. The molecular formula is C23H29Cl2N3O5S. The number of halogens is 2. The van der Waals surface area contributed by atoms with Crippen LogP contribution in [0.2, 0.25) is 10.0 Å². The minimum absolute atomic E-state index is 0.0316. The molecule has 1 unspecified atom stereocenters. The van der Waals surface area contributed by atoms with E-state index in [2.05, 4.69) is 5.32 Å². The zero-order chi connectivity index (χ0) is 25.5. The molecule has 0 aromatic heterocycles. The van der Waals surface area contributed by atoms with Crippen molar-refractivity contribution in [2.75, 3.05) is 31.3 Å². The second-order valence-electron chi connectivity index (χ2n) is 7.67. The first-order chi connectivity index (χ1) is 16.0. The molecule has 11 heteroatoms. The summed E-state index contributed by atoms with van der Waals surface area (Å²) in [6.45, 7) is 1.85. The van der Waals surface area contributed by atoms with Gasteiger partial charge in [-0.15, -0.1) is 0 Å². The number of rotatable bonds is 11. The van der Waals surface area contributed by atoms with Crippen molar-refractivity contribution in [3.63, 3.8) is 0 Å². The van der Waals surface area contributed by atoms with Crippen molar-refractivity contribution in [3.8, 4) is 5.75 Å². The van der Waals surface area contributed by atoms with E-state index in [1.807, 2.05) is 0 Å². The van der Waals surface area contributed by atoms with Crippen molar-refractivity contribution >= 4 is 50.7 Å². The first kappa shape index (κ1) is 27.8. The largest absolute Gasteiger partial charge is 0.495 e. The lowest BCUT2D eigenvalue weighted by Crippen LogP contribution is -2.46. The van der Waals surface area contributed by atoms with Gasteiger partial charge in [0.15, 0.2) is 0 Å². The highest BCUT2D eigenvalue weighted by atomic mass is 35.5. The molecular weight excluding hydrogens is 501 g/mol. The number of hydrogen-bond acceptors (Lipinski definition) is 5. The summed E-state index contributed by atoms with van der Waals surface area (Å²) < 4.78 is 31.4. The van der Waals surface area contributed by atoms with Crippen LogP contribution in [0, 0.1) is 0 Å². The second-order valence-corrected chi connectivity index (χ2v) is 10.4. The van der Waals surface area contributed by atoms with E-state index >= 15 is 0 Å². The SMILES string of the molecule is CNC(=O)C(C)N(Cc1ccc(Cl)c(Cl)c1)C(=O)CCCN(c1ccccc1OC)S(C)(=O)=O. The molecule has 1 atom stereocenters. The number of sulfonamides is 1. The molecule has 2 aromatic rings. The second kappa shape index (κ2) is 12.3. The van der Waals surface area contributed by atoms with Gasteiger partial charge in [-0.1, -0.05) is 41.4 Å². The van der Waals surface area contributed by atoms with Crippen molar-refractivity contribution in [1.82, 2.24) is 10.2 Å². The van der Waals surface area contributed by atoms with E-state index in [0.717, 1.165) is 6.26 Å². The lowest BCUT2D eigenvalue weighted by Gasteiger charge is -2.29. The fourth-order valence-electron chi connectivity index (χ4n) is 3.44. The maximum absolute atomic E-state index is 13.1. The fraction of sp³-hybridized carbons (Fsp3) is 0.391. The van der Waals surface area contributed by atoms with Gasteiger partial charge in [-0.2, -0.15) is 0 Å². The monoisotopic (exact) mass is 529 g/mol. The number of methoxy groups -OCH3 is 1. The molecule has 0 saturated heterocycles. The average molecular weight is 530 g/mol. The third-order valence-corrected chi connectivity index (χ3v) is 7.18. The van der Waals surface area contributed by atoms with E-state index in [0.29, 0.717) is 27.0 Å². The Bertz CT molecular complexity index is 1130. The predicted molar refractivity (Wildman–Crippen MR) is 135 cm³/mol. The van der Waals surface area contributed by atoms with Gasteiger partial charge in [-0.3, -0.25) is 13.9 Å². The molecule has 0 spiro atoms. The van der Waals surface area contributed by atoms with E-state index in [9.17, 15) is 18.0 Å². The van der Waals surface area contributed by atoms with Crippen LogP contribution in [0.3, 0.4) is 0 Å². The normalized spacial score (nSPS) is 12.1. The lowest BCUT2D eigenvalue weighted by molar-refractivity contribution is -0.140. The van der Waals surface area contributed by atoms with E-state index in [4.69, 9.17) is 27.9 Å². The van der Waals surface area contributed by atoms with Gasteiger partial charge in [0.25, 0.3) is 0 Å². The number of hydrogen-bond donors (Lipinski definition) is 1. The third-order valence-electron chi connectivity index (χ3n) is 5.26. The molecule has 0 saturated carbocycles. The van der Waals surface area contributed by atoms with Crippen LogP contribution in [0.25, 0.3) is 0 Å². The minimum Gasteiger partial charge on any atom is -0.495 e. The molecule has 186 valence electrons. The van der Waals surface area contributed by atoms with Crippen LogP contribution in [-0.4, -0.2) is 58.1 Å². The molecule has 0 fully saturated rings. The number of amides is 2. The first-order valence-electron chi connectivity index (χ1n) is 10.5. The van der Waals surface area contributed by atoms with Crippen molar-refractivity contribution in [3.05, 3.63) is 58.1 Å². The minimum atomic E-state index is -3.62. The van der Waals surface area contributed by atoms with Gasteiger partial charge >= 0.3 is 0 Å². The predicted octanol–water partition coefficient (Wildman–Crippen LogP) is 3.71. The van der Waals surface area contributed by atoms with Gasteiger partial charge < -0.3 is 15.0 Å². The number of likely N-dealkylation sites (N-methyl/N-ethyl adjacent to an activating group) is 1. The van der Waals surface area contributed by atoms with Crippen LogP contribution in [0.4, 0.5) is 5.69 Å². The summed E-state index contributed by atoms with van der Waals surface area (Å²) >= 11 is 12.1. The van der Waals surface area contributed by atoms with E-state index in [1.54, 1.807) is 49.4 Å². The van der Waals surface area contributed by atoms with Crippen molar-refractivity contribution in [1.29, 1.82) is 0 Å². The molecule has 1 N–H and O–H groups in total. The summed E-state index contributed by atoms with van der Waals surface area (Å²) in [5, 5.41) is 3.29. The molecule has 0 aliphatic heterocycles. The Morgan fingerprint density at radius 1 is 1.12 bits per heavy atom. The third kappa shape index (κ3) is 7.25. The number of anilines is 1. The van der Waals surface area contributed by atoms with Gasteiger partial charge in [0.2, 0.25) is 21.8 Å². The molecule has 8 nitrogen and oxygen atoms in total. The Morgan fingerprint density at radius 2 is 1.79 bits per heavy atom. The van der Waals surface area contributed by atoms with Crippen LogP contribution < -0.4 is 14.4 Å². The number of ether oxygens (including phenoxy) is 1. The number of para-hydroxylation sites is 2. The van der Waals surface area contributed by atoms with Crippen LogP contribution in [-0.2, 0) is 26.2 Å². The zero-order valence-electron chi connectivity index (χ0n) is 19.5. The Labute approximate surface area is 210 Å². The standard InChI is InChI=1S/C23H29Cl2N3O5S/c1-16(23(30)26-2)27(15-17-11-12-18(24)19(25)14-17)22(29)10-7-13-28(34(4,31)32)20-8-5-6-9-21(20)33-3/h5-6,8-9,11-12,14,16H,7,10,13,15H2,1-4H3,(H,26,30). The highest BCUT2D eigenvalue weighted by Gasteiger charge is 2.26. The summed E-state index contributed by atoms with van der Waals surface area (Å²) in [6, 6.07) is 11.0. The molecule has 0 heterocycles. The summed E-state index contributed by atoms with van der Waals surface area (Å²) in [5.41, 5.74) is 1.11. The molecule has 2 amide bonds. The summed E-state index contributed by atoms with van der Waals surface area (Å²) in [7, 11) is -0.663. The van der Waals surface area contributed by atoms with Crippen molar-refractivity contribution < 1.29 is 22.7 Å². The van der Waals surface area contributed by atoms with Crippen molar-refractivity contribution in [2.45, 2.75) is 32.4 Å². The quantitative estimate of drug-likeness (QED) is 0.478. The molecule has 2 aromatic carbocycles. The van der Waals surface area contributed by atoms with Crippen LogP contribution in [0.1, 0.15) is 25.3 Å². The first-order valence-corrected chi connectivity index (χ1v) is 13.2. The Kier molecular flexibility index (Phi) is 10.0. The summed E-state index contributed by atoms with van der Waals surface area (Å²) in [6.07, 6.45) is 1.37. The molecule has 0 radical (unpaired) electrons. The highest BCUT2D eigenvalue weighted by Crippen LogP contribution is 2.30. The van der Waals surface area contributed by atoms with Gasteiger partial charge in [-0.05, 0) is 43.2 Å². The van der Waals surface area contributed by atoms with Gasteiger partial charge in [0, 0.05) is 26.6 Å². The average Bonchev–Trinajstić information content (AvgIpc) is 2.80. The topological polar surface area (TPSA) is 96.0 Å².